The number of aryl methyl sites for hydroxylation is 1. The molecule has 18 heavy (non-hydrogen) atoms. The van der Waals surface area contributed by atoms with E-state index >= 15 is 0 Å². The fourth-order valence-electron chi connectivity index (χ4n) is 1.83. The molecule has 4 heteroatoms. The van der Waals surface area contributed by atoms with E-state index in [1.165, 1.54) is 9.75 Å². The van der Waals surface area contributed by atoms with Crippen molar-refractivity contribution in [2.45, 2.75) is 45.6 Å². The first-order valence-electron chi connectivity index (χ1n) is 6.45. The molecule has 0 aliphatic heterocycles. The lowest BCUT2D eigenvalue weighted by Crippen LogP contribution is -2.33. The number of carbonyl (C=O) groups excluding carboxylic acids is 1. The average Bonchev–Trinajstić information content (AvgIpc) is 2.70. The Bertz CT molecular complexity index is 362. The molecule has 0 aliphatic rings. The van der Waals surface area contributed by atoms with Gasteiger partial charge in [0.1, 0.15) is 0 Å². The highest BCUT2D eigenvalue weighted by atomic mass is 32.1. The number of ether oxygens (including phenoxy) is 1. The first kappa shape index (κ1) is 15.2. The van der Waals surface area contributed by atoms with Gasteiger partial charge in [0.15, 0.2) is 0 Å². The quantitative estimate of drug-likeness (QED) is 0.737. The van der Waals surface area contributed by atoms with Gasteiger partial charge < -0.3 is 10.1 Å². The van der Waals surface area contributed by atoms with Crippen molar-refractivity contribution in [1.82, 2.24) is 5.32 Å². The van der Waals surface area contributed by atoms with Gasteiger partial charge >= 0.3 is 0 Å². The lowest BCUT2D eigenvalue weighted by molar-refractivity contribution is -0.121. The minimum Gasteiger partial charge on any atom is -0.385 e. The molecule has 0 aromatic carbocycles. The molecule has 0 unspecified atom stereocenters. The smallest absolute Gasteiger partial charge is 0.220 e. The van der Waals surface area contributed by atoms with E-state index in [-0.39, 0.29) is 11.9 Å². The van der Waals surface area contributed by atoms with Crippen LogP contribution in [0.3, 0.4) is 0 Å². The predicted molar refractivity (Wildman–Crippen MR) is 76.1 cm³/mol. The summed E-state index contributed by atoms with van der Waals surface area (Å²) in [7, 11) is 1.69. The lowest BCUT2D eigenvalue weighted by Gasteiger charge is -2.12. The molecule has 102 valence electrons. The summed E-state index contributed by atoms with van der Waals surface area (Å²) in [6, 6.07) is 4.47. The maximum atomic E-state index is 11.7. The fourth-order valence-corrected chi connectivity index (χ4v) is 2.85. The van der Waals surface area contributed by atoms with Crippen LogP contribution in [-0.2, 0) is 16.0 Å². The molecule has 1 aromatic heterocycles. The van der Waals surface area contributed by atoms with E-state index in [1.54, 1.807) is 18.4 Å². The standard InChI is InChI=1S/C14H23NO2S/c1-11(10-13-8-7-12(2)18-13)15-14(16)6-4-5-9-17-3/h7-8,11H,4-6,9-10H2,1-3H3,(H,15,16)/t11-/m1/s1. The van der Waals surface area contributed by atoms with Crippen molar-refractivity contribution < 1.29 is 9.53 Å². The third kappa shape index (κ3) is 6.17. The topological polar surface area (TPSA) is 38.3 Å². The highest BCUT2D eigenvalue weighted by Crippen LogP contribution is 2.16. The van der Waals surface area contributed by atoms with Gasteiger partial charge in [-0.2, -0.15) is 0 Å². The number of hydrogen-bond acceptors (Lipinski definition) is 3. The number of methoxy groups -OCH3 is 1. The number of thiophene rings is 1. The molecule has 0 bridgehead atoms. The molecule has 1 heterocycles. The molecule has 0 spiro atoms. The summed E-state index contributed by atoms with van der Waals surface area (Å²) in [5, 5.41) is 3.04. The third-order valence-electron chi connectivity index (χ3n) is 2.71. The number of nitrogens with one attached hydrogen (secondary N) is 1. The Balaban J connectivity index is 2.19. The minimum absolute atomic E-state index is 0.145. The molecule has 0 fully saturated rings. The van der Waals surface area contributed by atoms with E-state index in [9.17, 15) is 4.79 Å². The fraction of sp³-hybridized carbons (Fsp3) is 0.643. The van der Waals surface area contributed by atoms with Crippen LogP contribution in [0.15, 0.2) is 12.1 Å². The lowest BCUT2D eigenvalue weighted by atomic mass is 10.2. The third-order valence-corrected chi connectivity index (χ3v) is 3.74. The summed E-state index contributed by atoms with van der Waals surface area (Å²) < 4.78 is 4.96. The normalized spacial score (nSPS) is 12.4. The van der Waals surface area contributed by atoms with Crippen LogP contribution in [0.2, 0.25) is 0 Å². The second-order valence-electron chi connectivity index (χ2n) is 4.63. The van der Waals surface area contributed by atoms with Gasteiger partial charge in [-0.05, 0) is 38.8 Å². The second-order valence-corrected chi connectivity index (χ2v) is 6.01. The SMILES string of the molecule is COCCCCC(=O)N[C@H](C)Cc1ccc(C)s1. The zero-order valence-corrected chi connectivity index (χ0v) is 12.3. The summed E-state index contributed by atoms with van der Waals surface area (Å²) in [5.74, 6) is 0.145. The molecule has 0 radical (unpaired) electrons. The van der Waals surface area contributed by atoms with E-state index in [0.717, 1.165) is 25.9 Å². The molecule has 1 N–H and O–H groups in total. The molecule has 0 saturated heterocycles. The molecule has 1 rings (SSSR count). The van der Waals surface area contributed by atoms with Gasteiger partial charge in [-0.15, -0.1) is 11.3 Å². The van der Waals surface area contributed by atoms with Gasteiger partial charge in [-0.1, -0.05) is 0 Å². The van der Waals surface area contributed by atoms with Crippen LogP contribution in [0.25, 0.3) is 0 Å². The summed E-state index contributed by atoms with van der Waals surface area (Å²) in [6.45, 7) is 4.90. The van der Waals surface area contributed by atoms with Crippen LogP contribution >= 0.6 is 11.3 Å². The summed E-state index contributed by atoms with van der Waals surface area (Å²) in [4.78, 5) is 14.3. The molecule has 1 atom stereocenters. The number of unbranched alkanes of at least 4 members (excludes halogenated alkanes) is 1. The summed E-state index contributed by atoms with van der Waals surface area (Å²) in [6.07, 6.45) is 3.35. The van der Waals surface area contributed by atoms with Crippen molar-refractivity contribution in [3.63, 3.8) is 0 Å². The molecule has 1 aromatic rings. The monoisotopic (exact) mass is 269 g/mol. The Morgan fingerprint density at radius 3 is 2.83 bits per heavy atom. The van der Waals surface area contributed by atoms with Gasteiger partial charge in [-0.25, -0.2) is 0 Å². The van der Waals surface area contributed by atoms with Crippen molar-refractivity contribution in [3.8, 4) is 0 Å². The minimum atomic E-state index is 0.145. The Kier molecular flexibility index (Phi) is 6.98. The van der Waals surface area contributed by atoms with E-state index in [0.29, 0.717) is 6.42 Å². The number of hydrogen-bond donors (Lipinski definition) is 1. The maximum absolute atomic E-state index is 11.7. The molecule has 1 amide bonds. The first-order chi connectivity index (χ1) is 8.61. The van der Waals surface area contributed by atoms with Crippen molar-refractivity contribution in [2.24, 2.45) is 0 Å². The summed E-state index contributed by atoms with van der Waals surface area (Å²) in [5.41, 5.74) is 0. The van der Waals surface area contributed by atoms with Crippen LogP contribution in [0.1, 0.15) is 35.9 Å². The average molecular weight is 269 g/mol. The van der Waals surface area contributed by atoms with Crippen LogP contribution in [-0.4, -0.2) is 25.7 Å². The number of amides is 1. The van der Waals surface area contributed by atoms with Crippen LogP contribution in [0.4, 0.5) is 0 Å². The Morgan fingerprint density at radius 2 is 2.22 bits per heavy atom. The zero-order valence-electron chi connectivity index (χ0n) is 11.5. The molecular formula is C14H23NO2S. The molecule has 0 saturated carbocycles. The van der Waals surface area contributed by atoms with E-state index in [1.807, 2.05) is 0 Å². The second kappa shape index (κ2) is 8.27. The van der Waals surface area contributed by atoms with Gasteiger partial charge in [-0.3, -0.25) is 4.79 Å². The van der Waals surface area contributed by atoms with E-state index in [2.05, 4.69) is 31.3 Å². The van der Waals surface area contributed by atoms with Gasteiger partial charge in [0.2, 0.25) is 5.91 Å². The van der Waals surface area contributed by atoms with Gasteiger partial charge in [0.05, 0.1) is 0 Å². The van der Waals surface area contributed by atoms with Gasteiger partial charge in [0, 0.05) is 42.4 Å². The Hall–Kier alpha value is -0.870. The van der Waals surface area contributed by atoms with Crippen molar-refractivity contribution >= 4 is 17.2 Å². The number of carbonyl (C=O) groups is 1. The highest BCUT2D eigenvalue weighted by molar-refractivity contribution is 7.11. The first-order valence-corrected chi connectivity index (χ1v) is 7.27. The molecule has 0 aliphatic carbocycles. The van der Waals surface area contributed by atoms with E-state index < -0.39 is 0 Å². The van der Waals surface area contributed by atoms with Gasteiger partial charge in [0.25, 0.3) is 0 Å². The van der Waals surface area contributed by atoms with Crippen molar-refractivity contribution in [2.75, 3.05) is 13.7 Å². The number of rotatable bonds is 8. The summed E-state index contributed by atoms with van der Waals surface area (Å²) >= 11 is 1.80. The maximum Gasteiger partial charge on any atom is 0.220 e. The Labute approximate surface area is 114 Å². The Morgan fingerprint density at radius 1 is 1.44 bits per heavy atom. The predicted octanol–water partition coefficient (Wildman–Crippen LogP) is 2.92. The zero-order chi connectivity index (χ0) is 13.4. The molecular weight excluding hydrogens is 246 g/mol. The van der Waals surface area contributed by atoms with E-state index in [4.69, 9.17) is 4.74 Å². The van der Waals surface area contributed by atoms with Crippen molar-refractivity contribution in [1.29, 1.82) is 0 Å². The highest BCUT2D eigenvalue weighted by Gasteiger charge is 2.08. The largest absolute Gasteiger partial charge is 0.385 e. The molecule has 3 nitrogen and oxygen atoms in total. The van der Waals surface area contributed by atoms with Crippen LogP contribution in [0, 0.1) is 6.92 Å². The van der Waals surface area contributed by atoms with Crippen LogP contribution < -0.4 is 5.32 Å². The van der Waals surface area contributed by atoms with Crippen molar-refractivity contribution in [3.05, 3.63) is 21.9 Å². The van der Waals surface area contributed by atoms with Crippen LogP contribution in [0.5, 0.6) is 0 Å².